The molecule has 4 heteroatoms. The Bertz CT molecular complexity index is 362. The molecular formula is C12H16BrNO2. The molecule has 16 heavy (non-hydrogen) atoms. The number of phenolic OH excluding ortho intramolecular Hbond substituents is 1. The van der Waals surface area contributed by atoms with Crippen LogP contribution in [0.25, 0.3) is 0 Å². The van der Waals surface area contributed by atoms with Crippen LogP contribution in [0.3, 0.4) is 0 Å². The summed E-state index contributed by atoms with van der Waals surface area (Å²) in [7, 11) is 0. The van der Waals surface area contributed by atoms with Gasteiger partial charge in [-0.25, -0.2) is 0 Å². The average molecular weight is 286 g/mol. The molecule has 1 aliphatic rings. The van der Waals surface area contributed by atoms with Crippen molar-refractivity contribution >= 4 is 15.9 Å². The lowest BCUT2D eigenvalue weighted by molar-refractivity contribution is 0.0789. The lowest BCUT2D eigenvalue weighted by atomic mass is 10.1. The van der Waals surface area contributed by atoms with Crippen LogP contribution >= 0.6 is 15.9 Å². The number of nitrogens with zero attached hydrogens (tertiary/aromatic N) is 1. The van der Waals surface area contributed by atoms with E-state index in [9.17, 15) is 10.2 Å². The Kier molecular flexibility index (Phi) is 3.84. The fourth-order valence-corrected chi connectivity index (χ4v) is 2.41. The maximum absolute atomic E-state index is 9.72. The number of likely N-dealkylation sites (tertiary alicyclic amines) is 1. The zero-order valence-corrected chi connectivity index (χ0v) is 10.7. The smallest absolute Gasteiger partial charge is 0.120 e. The van der Waals surface area contributed by atoms with Gasteiger partial charge in [0.05, 0.1) is 6.10 Å². The van der Waals surface area contributed by atoms with Gasteiger partial charge < -0.3 is 10.2 Å². The number of rotatable bonds is 2. The summed E-state index contributed by atoms with van der Waals surface area (Å²) >= 11 is 3.40. The van der Waals surface area contributed by atoms with Crippen LogP contribution in [-0.2, 0) is 6.54 Å². The number of piperidine rings is 1. The van der Waals surface area contributed by atoms with Crippen molar-refractivity contribution in [2.45, 2.75) is 25.5 Å². The molecule has 0 spiro atoms. The van der Waals surface area contributed by atoms with Crippen LogP contribution in [0, 0.1) is 0 Å². The number of aliphatic hydroxyl groups is 1. The number of hydrogen-bond acceptors (Lipinski definition) is 3. The summed E-state index contributed by atoms with van der Waals surface area (Å²) in [5.74, 6) is 0.342. The zero-order chi connectivity index (χ0) is 11.5. The van der Waals surface area contributed by atoms with Gasteiger partial charge in [-0.15, -0.1) is 0 Å². The molecule has 1 heterocycles. The molecule has 0 radical (unpaired) electrons. The summed E-state index contributed by atoms with van der Waals surface area (Å²) in [6.45, 7) is 2.54. The molecule has 0 saturated carbocycles. The lowest BCUT2D eigenvalue weighted by Gasteiger charge is -2.29. The van der Waals surface area contributed by atoms with E-state index in [1.807, 2.05) is 12.1 Å². The lowest BCUT2D eigenvalue weighted by Crippen LogP contribution is -2.35. The van der Waals surface area contributed by atoms with Crippen LogP contribution in [0.5, 0.6) is 5.75 Å². The van der Waals surface area contributed by atoms with Crippen LogP contribution in [0.4, 0.5) is 0 Å². The summed E-state index contributed by atoms with van der Waals surface area (Å²) < 4.78 is 0.984. The van der Waals surface area contributed by atoms with Crippen molar-refractivity contribution in [2.75, 3.05) is 13.1 Å². The normalized spacial score (nSPS) is 18.9. The molecule has 0 aliphatic carbocycles. The van der Waals surface area contributed by atoms with Crippen LogP contribution in [-0.4, -0.2) is 34.3 Å². The van der Waals surface area contributed by atoms with E-state index in [-0.39, 0.29) is 6.10 Å². The Hall–Kier alpha value is -0.580. The number of benzene rings is 1. The molecule has 88 valence electrons. The van der Waals surface area contributed by atoms with E-state index >= 15 is 0 Å². The van der Waals surface area contributed by atoms with Gasteiger partial charge in [0.2, 0.25) is 0 Å². The van der Waals surface area contributed by atoms with Gasteiger partial charge in [0.1, 0.15) is 5.75 Å². The molecular weight excluding hydrogens is 270 g/mol. The quantitative estimate of drug-likeness (QED) is 0.875. The molecule has 1 aromatic rings. The Labute approximate surface area is 104 Å². The SMILES string of the molecule is Oc1ccc(Br)cc1CN1CCC(O)CC1. The van der Waals surface area contributed by atoms with Crippen molar-refractivity contribution in [1.29, 1.82) is 0 Å². The first kappa shape index (κ1) is 11.9. The standard InChI is InChI=1S/C12H16BrNO2/c13-10-1-2-12(16)9(7-10)8-14-5-3-11(15)4-6-14/h1-2,7,11,15-16H,3-6,8H2. The molecule has 3 nitrogen and oxygen atoms in total. The van der Waals surface area contributed by atoms with Gasteiger partial charge in [-0.3, -0.25) is 4.90 Å². The fraction of sp³-hybridized carbons (Fsp3) is 0.500. The van der Waals surface area contributed by atoms with Crippen LogP contribution in [0.2, 0.25) is 0 Å². The van der Waals surface area contributed by atoms with Crippen molar-refractivity contribution in [1.82, 2.24) is 4.90 Å². The highest BCUT2D eigenvalue weighted by atomic mass is 79.9. The van der Waals surface area contributed by atoms with Gasteiger partial charge in [-0.05, 0) is 31.0 Å². The summed E-state index contributed by atoms with van der Waals surface area (Å²) in [4.78, 5) is 2.26. The number of aliphatic hydroxyl groups excluding tert-OH is 1. The zero-order valence-electron chi connectivity index (χ0n) is 9.06. The van der Waals surface area contributed by atoms with E-state index in [1.54, 1.807) is 6.07 Å². The topological polar surface area (TPSA) is 43.7 Å². The minimum atomic E-state index is -0.146. The molecule has 1 saturated heterocycles. The molecule has 1 fully saturated rings. The fourth-order valence-electron chi connectivity index (χ4n) is 2.00. The Balaban J connectivity index is 2.00. The third-order valence-corrected chi connectivity index (χ3v) is 3.49. The summed E-state index contributed by atoms with van der Waals surface area (Å²) in [6, 6.07) is 5.48. The highest BCUT2D eigenvalue weighted by Gasteiger charge is 2.17. The van der Waals surface area contributed by atoms with E-state index in [0.717, 1.165) is 42.5 Å². The predicted octanol–water partition coefficient (Wildman–Crippen LogP) is 2.11. The summed E-state index contributed by atoms with van der Waals surface area (Å²) in [5, 5.41) is 19.1. The van der Waals surface area contributed by atoms with Crippen LogP contribution in [0.1, 0.15) is 18.4 Å². The minimum Gasteiger partial charge on any atom is -0.508 e. The molecule has 0 amide bonds. The van der Waals surface area contributed by atoms with E-state index in [2.05, 4.69) is 20.8 Å². The first-order valence-corrected chi connectivity index (χ1v) is 6.32. The van der Waals surface area contributed by atoms with Crippen molar-refractivity contribution in [3.63, 3.8) is 0 Å². The van der Waals surface area contributed by atoms with Gasteiger partial charge in [0, 0.05) is 29.7 Å². The molecule has 1 aliphatic heterocycles. The Morgan fingerprint density at radius 1 is 1.31 bits per heavy atom. The molecule has 0 unspecified atom stereocenters. The minimum absolute atomic E-state index is 0.146. The molecule has 2 N–H and O–H groups in total. The van der Waals surface area contributed by atoms with Crippen molar-refractivity contribution < 1.29 is 10.2 Å². The van der Waals surface area contributed by atoms with Gasteiger partial charge in [0.15, 0.2) is 0 Å². The van der Waals surface area contributed by atoms with Crippen molar-refractivity contribution in [3.05, 3.63) is 28.2 Å². The highest BCUT2D eigenvalue weighted by Crippen LogP contribution is 2.24. The summed E-state index contributed by atoms with van der Waals surface area (Å²) in [5.41, 5.74) is 0.936. The predicted molar refractivity (Wildman–Crippen MR) is 66.3 cm³/mol. The van der Waals surface area contributed by atoms with Gasteiger partial charge in [-0.2, -0.15) is 0 Å². The number of halogens is 1. The first-order chi connectivity index (χ1) is 7.65. The molecule has 1 aromatic carbocycles. The number of hydrogen-bond donors (Lipinski definition) is 2. The third-order valence-electron chi connectivity index (χ3n) is 2.99. The number of aromatic hydroxyl groups is 1. The van der Waals surface area contributed by atoms with Crippen molar-refractivity contribution in [2.24, 2.45) is 0 Å². The van der Waals surface area contributed by atoms with E-state index in [1.165, 1.54) is 0 Å². The van der Waals surface area contributed by atoms with E-state index in [4.69, 9.17) is 0 Å². The third kappa shape index (κ3) is 2.97. The molecule has 2 rings (SSSR count). The second-order valence-corrected chi connectivity index (χ2v) is 5.20. The Morgan fingerprint density at radius 2 is 2.00 bits per heavy atom. The summed E-state index contributed by atoms with van der Waals surface area (Å²) in [6.07, 6.45) is 1.51. The maximum Gasteiger partial charge on any atom is 0.120 e. The van der Waals surface area contributed by atoms with Gasteiger partial charge >= 0.3 is 0 Å². The van der Waals surface area contributed by atoms with Crippen molar-refractivity contribution in [3.8, 4) is 5.75 Å². The Morgan fingerprint density at radius 3 is 2.69 bits per heavy atom. The average Bonchev–Trinajstić information content (AvgIpc) is 2.27. The number of phenols is 1. The molecule has 0 atom stereocenters. The van der Waals surface area contributed by atoms with Crippen LogP contribution < -0.4 is 0 Å². The van der Waals surface area contributed by atoms with E-state index in [0.29, 0.717) is 5.75 Å². The monoisotopic (exact) mass is 285 g/mol. The second-order valence-electron chi connectivity index (χ2n) is 4.28. The molecule has 0 aromatic heterocycles. The van der Waals surface area contributed by atoms with Gasteiger partial charge in [-0.1, -0.05) is 15.9 Å². The van der Waals surface area contributed by atoms with Gasteiger partial charge in [0.25, 0.3) is 0 Å². The second kappa shape index (κ2) is 5.17. The maximum atomic E-state index is 9.72. The largest absolute Gasteiger partial charge is 0.508 e. The highest BCUT2D eigenvalue weighted by molar-refractivity contribution is 9.10. The van der Waals surface area contributed by atoms with E-state index < -0.39 is 0 Å². The molecule has 0 bridgehead atoms. The first-order valence-electron chi connectivity index (χ1n) is 5.53. The van der Waals surface area contributed by atoms with Crippen LogP contribution in [0.15, 0.2) is 22.7 Å².